The Labute approximate surface area is 92.7 Å². The highest BCUT2D eigenvalue weighted by atomic mass is 35.5. The number of benzene rings is 1. The van der Waals surface area contributed by atoms with Crippen molar-refractivity contribution in [1.82, 2.24) is 0 Å². The summed E-state index contributed by atoms with van der Waals surface area (Å²) in [5.41, 5.74) is 0.337. The number of methoxy groups -OCH3 is 1. The lowest BCUT2D eigenvalue weighted by Crippen LogP contribution is -2.34. The molecule has 0 atom stereocenters. The Morgan fingerprint density at radius 3 is 2.43 bits per heavy atom. The molecule has 0 amide bonds. The standard InChI is InChI=1S/C8H9BCl2O3/c1-13-6-4-3-5(10)8(11)7(6)9(12)14-2/h3-4,12H,1-2H3. The second-order valence-corrected chi connectivity index (χ2v) is 3.35. The summed E-state index contributed by atoms with van der Waals surface area (Å²) >= 11 is 11.7. The second kappa shape index (κ2) is 4.89. The minimum atomic E-state index is -1.14. The van der Waals surface area contributed by atoms with Crippen molar-refractivity contribution in [2.45, 2.75) is 0 Å². The number of rotatable bonds is 3. The fraction of sp³-hybridized carbons (Fsp3) is 0.250. The molecule has 0 spiro atoms. The predicted octanol–water partition coefficient (Wildman–Crippen LogP) is 1.34. The zero-order chi connectivity index (χ0) is 10.7. The van der Waals surface area contributed by atoms with Crippen molar-refractivity contribution in [3.63, 3.8) is 0 Å². The Morgan fingerprint density at radius 2 is 1.93 bits per heavy atom. The fourth-order valence-electron chi connectivity index (χ4n) is 1.07. The lowest BCUT2D eigenvalue weighted by Gasteiger charge is -2.12. The van der Waals surface area contributed by atoms with Gasteiger partial charge in [-0.3, -0.25) is 0 Å². The first kappa shape index (κ1) is 11.7. The maximum Gasteiger partial charge on any atom is 0.496 e. The van der Waals surface area contributed by atoms with E-state index in [1.54, 1.807) is 12.1 Å². The highest BCUT2D eigenvalue weighted by molar-refractivity contribution is 6.66. The summed E-state index contributed by atoms with van der Waals surface area (Å²) in [5, 5.41) is 10.1. The first-order valence-electron chi connectivity index (χ1n) is 3.84. The third kappa shape index (κ3) is 2.15. The summed E-state index contributed by atoms with van der Waals surface area (Å²) in [5.74, 6) is 0.439. The van der Waals surface area contributed by atoms with E-state index < -0.39 is 7.12 Å². The molecule has 1 rings (SSSR count). The van der Waals surface area contributed by atoms with Crippen LogP contribution in [0.4, 0.5) is 0 Å². The lowest BCUT2D eigenvalue weighted by atomic mass is 9.79. The van der Waals surface area contributed by atoms with Crippen molar-refractivity contribution in [3.05, 3.63) is 22.2 Å². The summed E-state index contributed by atoms with van der Waals surface area (Å²) < 4.78 is 9.77. The van der Waals surface area contributed by atoms with Crippen LogP contribution in [0.3, 0.4) is 0 Å². The molecule has 0 aliphatic heterocycles. The number of halogens is 2. The first-order chi connectivity index (χ1) is 6.61. The van der Waals surface area contributed by atoms with Gasteiger partial charge in [0.2, 0.25) is 0 Å². The molecule has 1 aromatic rings. The molecule has 3 nitrogen and oxygen atoms in total. The second-order valence-electron chi connectivity index (χ2n) is 2.57. The van der Waals surface area contributed by atoms with E-state index in [1.807, 2.05) is 0 Å². The third-order valence-corrected chi connectivity index (χ3v) is 2.60. The van der Waals surface area contributed by atoms with Gasteiger partial charge in [-0.1, -0.05) is 23.2 Å². The molecule has 0 radical (unpaired) electrons. The van der Waals surface area contributed by atoms with Crippen molar-refractivity contribution < 1.29 is 14.4 Å². The minimum Gasteiger partial charge on any atom is -0.497 e. The van der Waals surface area contributed by atoms with Gasteiger partial charge in [0, 0.05) is 12.6 Å². The Hall–Kier alpha value is -0.415. The maximum atomic E-state index is 9.50. The van der Waals surface area contributed by atoms with E-state index in [2.05, 4.69) is 0 Å². The van der Waals surface area contributed by atoms with Crippen molar-refractivity contribution >= 4 is 35.8 Å². The predicted molar refractivity (Wildman–Crippen MR) is 57.6 cm³/mol. The summed E-state index contributed by atoms with van der Waals surface area (Å²) in [4.78, 5) is 0. The molecule has 0 aliphatic rings. The van der Waals surface area contributed by atoms with Gasteiger partial charge in [0.05, 0.1) is 17.2 Å². The Kier molecular flexibility index (Phi) is 4.07. The summed E-state index contributed by atoms with van der Waals surface area (Å²) in [6.07, 6.45) is 0. The Bertz CT molecular complexity index is 333. The van der Waals surface area contributed by atoms with Gasteiger partial charge in [-0.2, -0.15) is 0 Å². The molecular formula is C8H9BCl2O3. The normalized spacial score (nSPS) is 10.1. The van der Waals surface area contributed by atoms with Crippen LogP contribution in [0.25, 0.3) is 0 Å². The zero-order valence-corrected chi connectivity index (χ0v) is 9.26. The molecule has 0 saturated heterocycles. The summed E-state index contributed by atoms with van der Waals surface area (Å²) in [6, 6.07) is 3.21. The van der Waals surface area contributed by atoms with Crippen LogP contribution in [-0.4, -0.2) is 26.4 Å². The first-order valence-corrected chi connectivity index (χ1v) is 4.60. The molecule has 6 heteroatoms. The number of ether oxygens (including phenoxy) is 1. The largest absolute Gasteiger partial charge is 0.497 e. The van der Waals surface area contributed by atoms with Gasteiger partial charge in [-0.25, -0.2) is 0 Å². The smallest absolute Gasteiger partial charge is 0.496 e. The van der Waals surface area contributed by atoms with Crippen LogP contribution in [0.1, 0.15) is 0 Å². The van der Waals surface area contributed by atoms with Gasteiger partial charge >= 0.3 is 7.12 Å². The van der Waals surface area contributed by atoms with Crippen LogP contribution in [0.5, 0.6) is 5.75 Å². The third-order valence-electron chi connectivity index (χ3n) is 1.78. The highest BCUT2D eigenvalue weighted by Crippen LogP contribution is 2.24. The van der Waals surface area contributed by atoms with Gasteiger partial charge in [0.1, 0.15) is 5.75 Å². The molecular weight excluding hydrogens is 226 g/mol. The van der Waals surface area contributed by atoms with Crippen molar-refractivity contribution in [1.29, 1.82) is 0 Å². The van der Waals surface area contributed by atoms with E-state index in [0.29, 0.717) is 16.2 Å². The van der Waals surface area contributed by atoms with Crippen molar-refractivity contribution in [2.24, 2.45) is 0 Å². The summed E-state index contributed by atoms with van der Waals surface area (Å²) in [6.45, 7) is 0. The lowest BCUT2D eigenvalue weighted by molar-refractivity contribution is 0.338. The SMILES string of the molecule is COB(O)c1c(OC)ccc(Cl)c1Cl. The Balaban J connectivity index is 3.27. The van der Waals surface area contributed by atoms with E-state index in [4.69, 9.17) is 32.6 Å². The molecule has 76 valence electrons. The summed E-state index contributed by atoms with van der Waals surface area (Å²) in [7, 11) is 1.70. The molecule has 1 N–H and O–H groups in total. The van der Waals surface area contributed by atoms with Crippen molar-refractivity contribution in [3.8, 4) is 5.75 Å². The van der Waals surface area contributed by atoms with E-state index in [1.165, 1.54) is 14.2 Å². The monoisotopic (exact) mass is 234 g/mol. The van der Waals surface area contributed by atoms with Crippen LogP contribution >= 0.6 is 23.2 Å². The topological polar surface area (TPSA) is 38.7 Å². The van der Waals surface area contributed by atoms with Crippen LogP contribution in [0.2, 0.25) is 10.0 Å². The van der Waals surface area contributed by atoms with E-state index in [-0.39, 0.29) is 5.02 Å². The molecule has 14 heavy (non-hydrogen) atoms. The molecule has 0 bridgehead atoms. The van der Waals surface area contributed by atoms with Crippen LogP contribution in [0.15, 0.2) is 12.1 Å². The molecule has 0 fully saturated rings. The van der Waals surface area contributed by atoms with Gasteiger partial charge < -0.3 is 14.4 Å². The van der Waals surface area contributed by atoms with E-state index in [9.17, 15) is 5.02 Å². The molecule has 1 aromatic carbocycles. The number of hydrogen-bond acceptors (Lipinski definition) is 3. The van der Waals surface area contributed by atoms with Gasteiger partial charge in [-0.15, -0.1) is 0 Å². The van der Waals surface area contributed by atoms with Gasteiger partial charge in [0.25, 0.3) is 0 Å². The Morgan fingerprint density at radius 1 is 1.29 bits per heavy atom. The van der Waals surface area contributed by atoms with Gasteiger partial charge in [-0.05, 0) is 12.1 Å². The van der Waals surface area contributed by atoms with E-state index in [0.717, 1.165) is 0 Å². The zero-order valence-electron chi connectivity index (χ0n) is 7.75. The maximum absolute atomic E-state index is 9.50. The van der Waals surface area contributed by atoms with Gasteiger partial charge in [0.15, 0.2) is 0 Å². The molecule has 0 aliphatic carbocycles. The number of hydrogen-bond donors (Lipinski definition) is 1. The molecule has 0 aromatic heterocycles. The molecule has 0 unspecified atom stereocenters. The minimum absolute atomic E-state index is 0.236. The van der Waals surface area contributed by atoms with E-state index >= 15 is 0 Å². The highest BCUT2D eigenvalue weighted by Gasteiger charge is 2.24. The molecule has 0 heterocycles. The van der Waals surface area contributed by atoms with Crippen LogP contribution in [-0.2, 0) is 4.65 Å². The average Bonchev–Trinajstić information content (AvgIpc) is 2.20. The average molecular weight is 235 g/mol. The fourth-order valence-corrected chi connectivity index (χ4v) is 1.49. The van der Waals surface area contributed by atoms with Crippen LogP contribution in [0, 0.1) is 0 Å². The quantitative estimate of drug-likeness (QED) is 0.803. The van der Waals surface area contributed by atoms with Crippen LogP contribution < -0.4 is 10.2 Å². The molecule has 0 saturated carbocycles. The van der Waals surface area contributed by atoms with Crippen molar-refractivity contribution in [2.75, 3.05) is 14.2 Å².